The van der Waals surface area contributed by atoms with Crippen LogP contribution in [-0.2, 0) is 16.9 Å². The molecule has 0 saturated carbocycles. The van der Waals surface area contributed by atoms with Gasteiger partial charge >= 0.3 is 0 Å². The van der Waals surface area contributed by atoms with E-state index in [0.29, 0.717) is 23.7 Å². The number of anilines is 4. The van der Waals surface area contributed by atoms with Gasteiger partial charge in [-0.1, -0.05) is 12.1 Å². The third kappa shape index (κ3) is 5.98. The van der Waals surface area contributed by atoms with E-state index >= 15 is 0 Å². The molecule has 1 aliphatic rings. The van der Waals surface area contributed by atoms with Crippen molar-refractivity contribution in [2.24, 2.45) is 7.05 Å². The zero-order valence-corrected chi connectivity index (χ0v) is 21.0. The maximum absolute atomic E-state index is 12.7. The number of aromatic nitrogens is 3. The molecule has 0 spiro atoms. The van der Waals surface area contributed by atoms with Gasteiger partial charge in [0.25, 0.3) is 5.56 Å². The molecule has 1 aliphatic heterocycles. The number of rotatable bonds is 7. The molecule has 3 N–H and O–H groups in total. The van der Waals surface area contributed by atoms with Gasteiger partial charge in [-0.05, 0) is 42.3 Å². The highest BCUT2D eigenvalue weighted by Gasteiger charge is 2.19. The van der Waals surface area contributed by atoms with Gasteiger partial charge in [-0.15, -0.1) is 10.2 Å². The SMILES string of the molecule is Cc1c(N)cccc1-c1cc(Nc2ccc(N3CCN(CCS(C)(=O)=O)CC3)nn2)c(=O)n(C)c1. The molecule has 3 aromatic rings. The number of nitrogens with one attached hydrogen (secondary N) is 1. The van der Waals surface area contributed by atoms with Crippen LogP contribution in [0.3, 0.4) is 0 Å². The molecule has 0 radical (unpaired) electrons. The van der Waals surface area contributed by atoms with E-state index in [2.05, 4.69) is 25.3 Å². The maximum atomic E-state index is 12.7. The van der Waals surface area contributed by atoms with Gasteiger partial charge in [0, 0.05) is 63.5 Å². The molecule has 35 heavy (non-hydrogen) atoms. The summed E-state index contributed by atoms with van der Waals surface area (Å²) in [6.07, 6.45) is 3.05. The van der Waals surface area contributed by atoms with Crippen molar-refractivity contribution < 1.29 is 8.42 Å². The smallest absolute Gasteiger partial charge is 0.274 e. The highest BCUT2D eigenvalue weighted by molar-refractivity contribution is 7.90. The summed E-state index contributed by atoms with van der Waals surface area (Å²) in [6.45, 7) is 5.52. The van der Waals surface area contributed by atoms with Crippen LogP contribution in [0.25, 0.3) is 11.1 Å². The van der Waals surface area contributed by atoms with Crippen LogP contribution in [0.15, 0.2) is 47.4 Å². The fourth-order valence-electron chi connectivity index (χ4n) is 4.11. The standard InChI is InChI=1S/C24H31N7O3S/c1-17-19(5-4-6-20(17)25)18-15-21(24(32)29(2)16-18)26-22-7-8-23(28-27-22)31-11-9-30(10-12-31)13-14-35(3,33)34/h4-8,15-16H,9-14,25H2,1-3H3,(H,26,27). The summed E-state index contributed by atoms with van der Waals surface area (Å²) in [4.78, 5) is 17.0. The van der Waals surface area contributed by atoms with Gasteiger partial charge in [0.15, 0.2) is 11.6 Å². The molecular weight excluding hydrogens is 466 g/mol. The number of aryl methyl sites for hydroxylation is 1. The lowest BCUT2D eigenvalue weighted by Gasteiger charge is -2.35. The summed E-state index contributed by atoms with van der Waals surface area (Å²) in [7, 11) is -1.25. The summed E-state index contributed by atoms with van der Waals surface area (Å²) < 4.78 is 24.3. The number of hydrogen-bond donors (Lipinski definition) is 2. The molecule has 3 heterocycles. The lowest BCUT2D eigenvalue weighted by atomic mass is 10.0. The largest absolute Gasteiger partial charge is 0.398 e. The van der Waals surface area contributed by atoms with E-state index < -0.39 is 9.84 Å². The lowest BCUT2D eigenvalue weighted by Crippen LogP contribution is -2.47. The third-order valence-corrected chi connectivity index (χ3v) is 7.18. The number of piperazine rings is 1. The van der Waals surface area contributed by atoms with Gasteiger partial charge in [-0.2, -0.15) is 0 Å². The second kappa shape index (κ2) is 10.0. The first kappa shape index (κ1) is 24.7. The van der Waals surface area contributed by atoms with E-state index in [-0.39, 0.29) is 11.3 Å². The predicted molar refractivity (Wildman–Crippen MR) is 140 cm³/mol. The third-order valence-electron chi connectivity index (χ3n) is 6.26. The predicted octanol–water partition coefficient (Wildman–Crippen LogP) is 1.64. The van der Waals surface area contributed by atoms with Crippen LogP contribution in [-0.4, -0.2) is 72.8 Å². The topological polar surface area (TPSA) is 126 Å². The number of pyridine rings is 1. The average Bonchev–Trinajstić information content (AvgIpc) is 2.83. The van der Waals surface area contributed by atoms with Crippen molar-refractivity contribution in [2.45, 2.75) is 6.92 Å². The van der Waals surface area contributed by atoms with Gasteiger partial charge < -0.3 is 20.5 Å². The minimum Gasteiger partial charge on any atom is -0.398 e. The van der Waals surface area contributed by atoms with Crippen LogP contribution < -0.4 is 21.5 Å². The number of sulfone groups is 1. The van der Waals surface area contributed by atoms with Crippen molar-refractivity contribution in [3.05, 3.63) is 58.5 Å². The molecule has 186 valence electrons. The molecule has 0 bridgehead atoms. The summed E-state index contributed by atoms with van der Waals surface area (Å²) in [6, 6.07) is 11.2. The zero-order valence-electron chi connectivity index (χ0n) is 20.2. The highest BCUT2D eigenvalue weighted by atomic mass is 32.2. The maximum Gasteiger partial charge on any atom is 0.274 e. The van der Waals surface area contributed by atoms with Crippen LogP contribution >= 0.6 is 0 Å². The van der Waals surface area contributed by atoms with Crippen LogP contribution in [0.4, 0.5) is 23.0 Å². The quantitative estimate of drug-likeness (QED) is 0.468. The number of nitrogens with zero attached hydrogens (tertiary/aromatic N) is 5. The Morgan fingerprint density at radius 2 is 1.83 bits per heavy atom. The first-order chi connectivity index (χ1) is 16.6. The molecule has 4 rings (SSSR count). The van der Waals surface area contributed by atoms with Crippen molar-refractivity contribution in [1.29, 1.82) is 0 Å². The highest BCUT2D eigenvalue weighted by Crippen LogP contribution is 2.28. The van der Waals surface area contributed by atoms with Gasteiger partial charge in [0.05, 0.1) is 5.75 Å². The fourth-order valence-corrected chi connectivity index (χ4v) is 4.70. The second-order valence-electron chi connectivity index (χ2n) is 8.94. The molecule has 0 aliphatic carbocycles. The zero-order chi connectivity index (χ0) is 25.2. The fraction of sp³-hybridized carbons (Fsp3) is 0.375. The van der Waals surface area contributed by atoms with Gasteiger partial charge in [0.2, 0.25) is 0 Å². The molecule has 1 saturated heterocycles. The monoisotopic (exact) mass is 497 g/mol. The average molecular weight is 498 g/mol. The van der Waals surface area contributed by atoms with E-state index in [1.165, 1.54) is 10.8 Å². The second-order valence-corrected chi connectivity index (χ2v) is 11.2. The minimum absolute atomic E-state index is 0.172. The Morgan fingerprint density at radius 1 is 1.09 bits per heavy atom. The van der Waals surface area contributed by atoms with Crippen LogP contribution in [0.2, 0.25) is 0 Å². The van der Waals surface area contributed by atoms with Crippen LogP contribution in [0, 0.1) is 6.92 Å². The summed E-state index contributed by atoms with van der Waals surface area (Å²) >= 11 is 0. The normalized spacial score (nSPS) is 14.8. The van der Waals surface area contributed by atoms with Crippen molar-refractivity contribution >= 4 is 32.8 Å². The summed E-state index contributed by atoms with van der Waals surface area (Å²) in [5.41, 5.74) is 9.78. The number of hydrogen-bond acceptors (Lipinski definition) is 9. The Morgan fingerprint density at radius 3 is 2.49 bits per heavy atom. The van der Waals surface area contributed by atoms with Crippen LogP contribution in [0.1, 0.15) is 5.56 Å². The van der Waals surface area contributed by atoms with E-state index in [4.69, 9.17) is 5.73 Å². The Bertz CT molecular complexity index is 1360. The summed E-state index contributed by atoms with van der Waals surface area (Å²) in [5.74, 6) is 1.39. The molecule has 1 aromatic carbocycles. The minimum atomic E-state index is -2.96. The van der Waals surface area contributed by atoms with E-state index in [9.17, 15) is 13.2 Å². The molecule has 0 amide bonds. The number of nitrogen functional groups attached to an aromatic ring is 1. The van der Waals surface area contributed by atoms with E-state index in [0.717, 1.165) is 48.7 Å². The molecule has 11 heteroatoms. The van der Waals surface area contributed by atoms with Crippen molar-refractivity contribution in [3.63, 3.8) is 0 Å². The lowest BCUT2D eigenvalue weighted by molar-refractivity contribution is 0.271. The molecule has 10 nitrogen and oxygen atoms in total. The Hall–Kier alpha value is -3.44. The first-order valence-corrected chi connectivity index (χ1v) is 13.5. The molecule has 0 unspecified atom stereocenters. The Kier molecular flexibility index (Phi) is 7.08. The Balaban J connectivity index is 1.45. The first-order valence-electron chi connectivity index (χ1n) is 11.4. The molecule has 2 aromatic heterocycles. The van der Waals surface area contributed by atoms with Crippen molar-refractivity contribution in [3.8, 4) is 11.1 Å². The Labute approximate surface area is 205 Å². The van der Waals surface area contributed by atoms with Gasteiger partial charge in [0.1, 0.15) is 15.5 Å². The van der Waals surface area contributed by atoms with Gasteiger partial charge in [-0.3, -0.25) is 9.69 Å². The molecule has 1 fully saturated rings. The molecular formula is C24H31N7O3S. The van der Waals surface area contributed by atoms with Gasteiger partial charge in [-0.25, -0.2) is 8.42 Å². The van der Waals surface area contributed by atoms with Crippen molar-refractivity contribution in [2.75, 3.05) is 60.7 Å². The summed E-state index contributed by atoms with van der Waals surface area (Å²) in [5, 5.41) is 11.7. The molecule has 0 atom stereocenters. The van der Waals surface area contributed by atoms with Crippen LogP contribution in [0.5, 0.6) is 0 Å². The van der Waals surface area contributed by atoms with E-state index in [1.54, 1.807) is 25.4 Å². The van der Waals surface area contributed by atoms with E-state index in [1.807, 2.05) is 31.2 Å². The number of nitrogens with two attached hydrogens (primary N) is 1. The number of benzene rings is 1. The van der Waals surface area contributed by atoms with Crippen molar-refractivity contribution in [1.82, 2.24) is 19.7 Å².